The second-order valence-electron chi connectivity index (χ2n) is 6.37. The van der Waals surface area contributed by atoms with Gasteiger partial charge in [-0.25, -0.2) is 8.42 Å². The molecule has 1 aromatic heterocycles. The standard InChI is InChI=1S/C18H20F3N3O2S/c19-18(20,21)16-1-3-17(4-2-16)27(25,26)24-13-11-23(12-14-24)10-7-15-5-8-22-9-6-15/h1-6,8-9H,7,10-14H2. The first kappa shape index (κ1) is 19.8. The number of nitrogens with zero attached hydrogens (tertiary/aromatic N) is 3. The Balaban J connectivity index is 1.58. The average Bonchev–Trinajstić information content (AvgIpc) is 2.67. The Hall–Kier alpha value is -1.97. The average molecular weight is 399 g/mol. The normalized spacial score (nSPS) is 17.1. The Labute approximate surface area is 156 Å². The van der Waals surface area contributed by atoms with E-state index in [1.54, 1.807) is 12.4 Å². The first-order valence-electron chi connectivity index (χ1n) is 8.55. The lowest BCUT2D eigenvalue weighted by molar-refractivity contribution is -0.137. The van der Waals surface area contributed by atoms with Crippen molar-refractivity contribution >= 4 is 10.0 Å². The van der Waals surface area contributed by atoms with Gasteiger partial charge in [-0.15, -0.1) is 0 Å². The molecule has 0 unspecified atom stereocenters. The Bertz CT molecular complexity index is 848. The molecule has 2 heterocycles. The summed E-state index contributed by atoms with van der Waals surface area (Å²) in [6.45, 7) is 2.63. The third kappa shape index (κ3) is 4.85. The summed E-state index contributed by atoms with van der Waals surface area (Å²) in [4.78, 5) is 6.04. The topological polar surface area (TPSA) is 53.5 Å². The van der Waals surface area contributed by atoms with E-state index < -0.39 is 21.8 Å². The highest BCUT2D eigenvalue weighted by Crippen LogP contribution is 2.30. The fourth-order valence-electron chi connectivity index (χ4n) is 3.00. The van der Waals surface area contributed by atoms with Gasteiger partial charge < -0.3 is 4.90 Å². The highest BCUT2D eigenvalue weighted by atomic mass is 32.2. The molecular weight excluding hydrogens is 379 g/mol. The fraction of sp³-hybridized carbons (Fsp3) is 0.389. The summed E-state index contributed by atoms with van der Waals surface area (Å²) < 4.78 is 64.6. The quantitative estimate of drug-likeness (QED) is 0.776. The van der Waals surface area contributed by atoms with Crippen molar-refractivity contribution < 1.29 is 21.6 Å². The molecule has 2 aromatic rings. The van der Waals surface area contributed by atoms with E-state index >= 15 is 0 Å². The number of alkyl halides is 3. The van der Waals surface area contributed by atoms with Crippen molar-refractivity contribution in [3.05, 3.63) is 59.9 Å². The van der Waals surface area contributed by atoms with Crippen LogP contribution >= 0.6 is 0 Å². The van der Waals surface area contributed by atoms with Crippen LogP contribution in [-0.2, 0) is 22.6 Å². The molecular formula is C18H20F3N3O2S. The van der Waals surface area contributed by atoms with E-state index in [9.17, 15) is 21.6 Å². The summed E-state index contributed by atoms with van der Waals surface area (Å²) >= 11 is 0. The lowest BCUT2D eigenvalue weighted by Gasteiger charge is -2.34. The SMILES string of the molecule is O=S(=O)(c1ccc(C(F)(F)F)cc1)N1CCN(CCc2ccncc2)CC1. The predicted octanol–water partition coefficient (Wildman–Crippen LogP) is 2.65. The predicted molar refractivity (Wildman–Crippen MR) is 94.6 cm³/mol. The molecule has 146 valence electrons. The molecule has 9 heteroatoms. The van der Waals surface area contributed by atoms with E-state index in [1.807, 2.05) is 12.1 Å². The third-order valence-electron chi connectivity index (χ3n) is 4.62. The molecule has 1 aromatic carbocycles. The van der Waals surface area contributed by atoms with Gasteiger partial charge in [0.1, 0.15) is 0 Å². The Kier molecular flexibility index (Phi) is 5.83. The van der Waals surface area contributed by atoms with Gasteiger partial charge in [-0.1, -0.05) is 0 Å². The molecule has 1 fully saturated rings. The van der Waals surface area contributed by atoms with Gasteiger partial charge in [0.05, 0.1) is 10.5 Å². The van der Waals surface area contributed by atoms with Crippen LogP contribution in [0.3, 0.4) is 0 Å². The van der Waals surface area contributed by atoms with E-state index in [0.717, 1.165) is 37.2 Å². The van der Waals surface area contributed by atoms with Crippen LogP contribution in [0.25, 0.3) is 0 Å². The van der Waals surface area contributed by atoms with Crippen molar-refractivity contribution in [1.29, 1.82) is 0 Å². The molecule has 0 radical (unpaired) electrons. The summed E-state index contributed by atoms with van der Waals surface area (Å²) in [5.74, 6) is 0. The van der Waals surface area contributed by atoms with Gasteiger partial charge in [0, 0.05) is 45.1 Å². The van der Waals surface area contributed by atoms with Crippen LogP contribution < -0.4 is 0 Å². The summed E-state index contributed by atoms with van der Waals surface area (Å²) in [6, 6.07) is 7.55. The molecule has 0 bridgehead atoms. The van der Waals surface area contributed by atoms with Gasteiger partial charge in [0.15, 0.2) is 0 Å². The lowest BCUT2D eigenvalue weighted by Crippen LogP contribution is -2.49. The van der Waals surface area contributed by atoms with Crippen LogP contribution in [-0.4, -0.2) is 55.3 Å². The second kappa shape index (κ2) is 7.95. The van der Waals surface area contributed by atoms with Crippen molar-refractivity contribution in [2.24, 2.45) is 0 Å². The number of hydrogen-bond donors (Lipinski definition) is 0. The van der Waals surface area contributed by atoms with E-state index in [1.165, 1.54) is 9.87 Å². The first-order chi connectivity index (χ1) is 12.8. The smallest absolute Gasteiger partial charge is 0.300 e. The maximum Gasteiger partial charge on any atom is 0.416 e. The molecule has 3 rings (SSSR count). The highest BCUT2D eigenvalue weighted by Gasteiger charge is 2.32. The molecule has 0 aliphatic carbocycles. The van der Waals surface area contributed by atoms with Crippen LogP contribution in [0, 0.1) is 0 Å². The minimum absolute atomic E-state index is 0.110. The van der Waals surface area contributed by atoms with Crippen LogP contribution in [0.2, 0.25) is 0 Å². The summed E-state index contributed by atoms with van der Waals surface area (Å²) in [5, 5.41) is 0. The van der Waals surface area contributed by atoms with E-state index in [-0.39, 0.29) is 4.90 Å². The van der Waals surface area contributed by atoms with E-state index in [4.69, 9.17) is 0 Å². The van der Waals surface area contributed by atoms with Gasteiger partial charge in [-0.05, 0) is 48.4 Å². The molecule has 0 spiro atoms. The molecule has 0 N–H and O–H groups in total. The molecule has 0 saturated carbocycles. The van der Waals surface area contributed by atoms with Crippen LogP contribution in [0.5, 0.6) is 0 Å². The van der Waals surface area contributed by atoms with Crippen LogP contribution in [0.1, 0.15) is 11.1 Å². The van der Waals surface area contributed by atoms with Gasteiger partial charge in [-0.2, -0.15) is 17.5 Å². The maximum atomic E-state index is 12.7. The molecule has 27 heavy (non-hydrogen) atoms. The van der Waals surface area contributed by atoms with Crippen molar-refractivity contribution in [2.45, 2.75) is 17.5 Å². The Morgan fingerprint density at radius 3 is 2.07 bits per heavy atom. The van der Waals surface area contributed by atoms with Crippen molar-refractivity contribution in [3.8, 4) is 0 Å². The van der Waals surface area contributed by atoms with Gasteiger partial charge in [0.2, 0.25) is 10.0 Å². The molecule has 1 saturated heterocycles. The van der Waals surface area contributed by atoms with Gasteiger partial charge in [0.25, 0.3) is 0 Å². The summed E-state index contributed by atoms with van der Waals surface area (Å²) in [6.07, 6.45) is -0.148. The molecule has 1 aliphatic heterocycles. The molecule has 0 atom stereocenters. The zero-order valence-corrected chi connectivity index (χ0v) is 15.4. The molecule has 0 amide bonds. The third-order valence-corrected chi connectivity index (χ3v) is 6.53. The maximum absolute atomic E-state index is 12.7. The largest absolute Gasteiger partial charge is 0.416 e. The number of sulfonamides is 1. The van der Waals surface area contributed by atoms with Crippen molar-refractivity contribution in [2.75, 3.05) is 32.7 Å². The zero-order chi connectivity index (χ0) is 19.5. The minimum atomic E-state index is -4.48. The number of hydrogen-bond acceptors (Lipinski definition) is 4. The van der Waals surface area contributed by atoms with Crippen LogP contribution in [0.4, 0.5) is 13.2 Å². The van der Waals surface area contributed by atoms with Gasteiger partial charge >= 0.3 is 6.18 Å². The Morgan fingerprint density at radius 2 is 1.52 bits per heavy atom. The minimum Gasteiger partial charge on any atom is -0.300 e. The number of halogens is 3. The number of benzene rings is 1. The molecule has 5 nitrogen and oxygen atoms in total. The van der Waals surface area contributed by atoms with Crippen LogP contribution in [0.15, 0.2) is 53.7 Å². The highest BCUT2D eigenvalue weighted by molar-refractivity contribution is 7.89. The number of pyridine rings is 1. The number of piperazine rings is 1. The van der Waals surface area contributed by atoms with Gasteiger partial charge in [-0.3, -0.25) is 4.98 Å². The summed E-state index contributed by atoms with van der Waals surface area (Å²) in [7, 11) is -3.78. The van der Waals surface area contributed by atoms with E-state index in [0.29, 0.717) is 26.2 Å². The second-order valence-corrected chi connectivity index (χ2v) is 8.31. The molecule has 1 aliphatic rings. The monoisotopic (exact) mass is 399 g/mol. The fourth-order valence-corrected chi connectivity index (χ4v) is 4.42. The summed E-state index contributed by atoms with van der Waals surface area (Å²) in [5.41, 5.74) is 0.312. The van der Waals surface area contributed by atoms with E-state index in [2.05, 4.69) is 9.88 Å². The first-order valence-corrected chi connectivity index (χ1v) is 9.99. The lowest BCUT2D eigenvalue weighted by atomic mass is 10.2. The Morgan fingerprint density at radius 1 is 0.926 bits per heavy atom. The zero-order valence-electron chi connectivity index (χ0n) is 14.6. The van der Waals surface area contributed by atoms with Crippen molar-refractivity contribution in [1.82, 2.24) is 14.2 Å². The number of aromatic nitrogens is 1. The number of rotatable bonds is 5. The van der Waals surface area contributed by atoms with Crippen molar-refractivity contribution in [3.63, 3.8) is 0 Å².